The molecule has 2 aromatic rings. The largest absolute Gasteiger partial charge is 0.397 e. The number of fused-ring (bicyclic) bond motifs is 1. The van der Waals surface area contributed by atoms with Gasteiger partial charge in [0.25, 0.3) is 0 Å². The lowest BCUT2D eigenvalue weighted by atomic mass is 10.4. The number of nitrogens with zero attached hydrogens (tertiary/aromatic N) is 2. The van der Waals surface area contributed by atoms with Crippen LogP contribution in [0.15, 0.2) is 37.2 Å². The zero-order chi connectivity index (χ0) is 8.55. The van der Waals surface area contributed by atoms with Crippen LogP contribution in [-0.4, -0.2) is 9.38 Å². The summed E-state index contributed by atoms with van der Waals surface area (Å²) >= 11 is 0. The van der Waals surface area contributed by atoms with Crippen molar-refractivity contribution in [1.29, 1.82) is 0 Å². The minimum Gasteiger partial charge on any atom is -0.397 e. The van der Waals surface area contributed by atoms with Crippen molar-refractivity contribution in [3.63, 3.8) is 0 Å². The van der Waals surface area contributed by atoms with E-state index >= 15 is 0 Å². The van der Waals surface area contributed by atoms with Crippen molar-refractivity contribution < 1.29 is 0 Å². The van der Waals surface area contributed by atoms with Crippen molar-refractivity contribution in [2.24, 2.45) is 5.73 Å². The van der Waals surface area contributed by atoms with Crippen LogP contribution in [0.1, 0.15) is 5.69 Å². The molecule has 12 heavy (non-hydrogen) atoms. The highest BCUT2D eigenvalue weighted by atomic mass is 15.0. The Morgan fingerprint density at radius 3 is 3.08 bits per heavy atom. The van der Waals surface area contributed by atoms with Crippen LogP contribution in [0.3, 0.4) is 0 Å². The first-order valence-corrected chi connectivity index (χ1v) is 3.66. The summed E-state index contributed by atoms with van der Waals surface area (Å²) in [6.07, 6.45) is 3.63. The number of nitrogens with two attached hydrogens (primary N) is 1. The Hall–Kier alpha value is -1.77. The fourth-order valence-corrected chi connectivity index (χ4v) is 1.17. The SMILES string of the molecule is C=C(N)c1cnc2ccccn12. The number of aromatic nitrogens is 2. The molecule has 0 aliphatic carbocycles. The summed E-state index contributed by atoms with van der Waals surface area (Å²) < 4.78 is 1.91. The molecular weight excluding hydrogens is 150 g/mol. The molecule has 0 unspecified atom stereocenters. The van der Waals surface area contributed by atoms with Crippen molar-refractivity contribution in [2.45, 2.75) is 0 Å². The van der Waals surface area contributed by atoms with Crippen LogP contribution < -0.4 is 5.73 Å². The van der Waals surface area contributed by atoms with Crippen molar-refractivity contribution in [2.75, 3.05) is 0 Å². The molecular formula is C9H9N3. The molecule has 0 aromatic carbocycles. The first-order chi connectivity index (χ1) is 5.79. The third-order valence-electron chi connectivity index (χ3n) is 1.75. The lowest BCUT2D eigenvalue weighted by molar-refractivity contribution is 1.15. The zero-order valence-corrected chi connectivity index (χ0v) is 6.57. The van der Waals surface area contributed by atoms with E-state index in [1.54, 1.807) is 6.20 Å². The fourth-order valence-electron chi connectivity index (χ4n) is 1.17. The third kappa shape index (κ3) is 0.871. The van der Waals surface area contributed by atoms with Crippen LogP contribution >= 0.6 is 0 Å². The van der Waals surface area contributed by atoms with E-state index in [2.05, 4.69) is 11.6 Å². The predicted molar refractivity (Wildman–Crippen MR) is 48.4 cm³/mol. The molecule has 2 aromatic heterocycles. The predicted octanol–water partition coefficient (Wildman–Crippen LogP) is 1.26. The van der Waals surface area contributed by atoms with Crippen LogP contribution in [-0.2, 0) is 0 Å². The van der Waals surface area contributed by atoms with Crippen LogP contribution in [0.4, 0.5) is 0 Å². The summed E-state index contributed by atoms with van der Waals surface area (Å²) in [5.74, 6) is 0. The van der Waals surface area contributed by atoms with E-state index in [1.807, 2.05) is 28.8 Å². The number of pyridine rings is 1. The van der Waals surface area contributed by atoms with Crippen LogP contribution in [0.2, 0.25) is 0 Å². The molecule has 0 saturated carbocycles. The Morgan fingerprint density at radius 1 is 1.50 bits per heavy atom. The molecule has 3 heteroatoms. The van der Waals surface area contributed by atoms with Gasteiger partial charge in [0.1, 0.15) is 5.65 Å². The van der Waals surface area contributed by atoms with Crippen molar-refractivity contribution in [3.05, 3.63) is 42.9 Å². The lowest BCUT2D eigenvalue weighted by Gasteiger charge is -1.97. The van der Waals surface area contributed by atoms with Crippen LogP contribution in [0, 0.1) is 0 Å². The Balaban J connectivity index is 2.79. The third-order valence-corrected chi connectivity index (χ3v) is 1.75. The van der Waals surface area contributed by atoms with Gasteiger partial charge in [-0.3, -0.25) is 4.40 Å². The van der Waals surface area contributed by atoms with Gasteiger partial charge in [0.15, 0.2) is 0 Å². The maximum absolute atomic E-state index is 5.57. The summed E-state index contributed by atoms with van der Waals surface area (Å²) in [6, 6.07) is 5.79. The number of hydrogen-bond acceptors (Lipinski definition) is 2. The summed E-state index contributed by atoms with van der Waals surface area (Å²) in [7, 11) is 0. The smallest absolute Gasteiger partial charge is 0.137 e. The van der Waals surface area contributed by atoms with Gasteiger partial charge in [0, 0.05) is 6.20 Å². The molecule has 0 spiro atoms. The topological polar surface area (TPSA) is 43.3 Å². The first-order valence-electron chi connectivity index (χ1n) is 3.66. The Bertz CT molecular complexity index is 428. The molecule has 60 valence electrons. The number of rotatable bonds is 1. The second kappa shape index (κ2) is 2.37. The summed E-state index contributed by atoms with van der Waals surface area (Å²) in [5, 5.41) is 0. The van der Waals surface area contributed by atoms with Crippen molar-refractivity contribution in [1.82, 2.24) is 9.38 Å². The Morgan fingerprint density at radius 2 is 2.33 bits per heavy atom. The van der Waals surface area contributed by atoms with Gasteiger partial charge in [-0.25, -0.2) is 4.98 Å². The van der Waals surface area contributed by atoms with E-state index in [-0.39, 0.29) is 0 Å². The summed E-state index contributed by atoms with van der Waals surface area (Å²) in [6.45, 7) is 3.66. The maximum Gasteiger partial charge on any atom is 0.137 e. The zero-order valence-electron chi connectivity index (χ0n) is 6.57. The second-order valence-corrected chi connectivity index (χ2v) is 2.60. The Labute approximate surface area is 70.1 Å². The van der Waals surface area contributed by atoms with Crippen LogP contribution in [0.5, 0.6) is 0 Å². The minimum atomic E-state index is 0.536. The van der Waals surface area contributed by atoms with E-state index in [1.165, 1.54) is 0 Å². The maximum atomic E-state index is 5.57. The van der Waals surface area contributed by atoms with Gasteiger partial charge in [-0.1, -0.05) is 12.6 Å². The molecule has 3 nitrogen and oxygen atoms in total. The Kier molecular flexibility index (Phi) is 1.37. The molecule has 0 aliphatic rings. The van der Waals surface area contributed by atoms with Gasteiger partial charge >= 0.3 is 0 Å². The molecule has 0 aliphatic heterocycles. The van der Waals surface area contributed by atoms with Crippen molar-refractivity contribution in [3.8, 4) is 0 Å². The van der Waals surface area contributed by atoms with Gasteiger partial charge in [-0.15, -0.1) is 0 Å². The summed E-state index contributed by atoms with van der Waals surface area (Å²) in [4.78, 5) is 4.16. The van der Waals surface area contributed by atoms with Gasteiger partial charge in [-0.2, -0.15) is 0 Å². The normalized spacial score (nSPS) is 10.3. The molecule has 0 fully saturated rings. The molecule has 0 radical (unpaired) electrons. The van der Waals surface area contributed by atoms with E-state index < -0.39 is 0 Å². The molecule has 0 amide bonds. The van der Waals surface area contributed by atoms with Gasteiger partial charge in [-0.05, 0) is 12.1 Å². The van der Waals surface area contributed by atoms with E-state index in [9.17, 15) is 0 Å². The van der Waals surface area contributed by atoms with Gasteiger partial charge < -0.3 is 5.73 Å². The quantitative estimate of drug-likeness (QED) is 0.680. The molecule has 2 heterocycles. The minimum absolute atomic E-state index is 0.536. The summed E-state index contributed by atoms with van der Waals surface area (Å²) in [5.41, 5.74) is 7.85. The average Bonchev–Trinajstić information content (AvgIpc) is 2.47. The highest BCUT2D eigenvalue weighted by Gasteiger charge is 2.01. The standard InChI is InChI=1S/C9H9N3/c1-7(10)8-6-11-9-4-2-3-5-12(8)9/h2-6H,1,10H2. The van der Waals surface area contributed by atoms with Gasteiger partial charge in [0.05, 0.1) is 17.6 Å². The van der Waals surface area contributed by atoms with E-state index in [4.69, 9.17) is 5.73 Å². The monoisotopic (exact) mass is 159 g/mol. The van der Waals surface area contributed by atoms with E-state index in [0.717, 1.165) is 11.3 Å². The molecule has 0 atom stereocenters. The fraction of sp³-hybridized carbons (Fsp3) is 0. The molecule has 2 N–H and O–H groups in total. The van der Waals surface area contributed by atoms with Gasteiger partial charge in [0.2, 0.25) is 0 Å². The molecule has 0 saturated heterocycles. The molecule has 0 bridgehead atoms. The second-order valence-electron chi connectivity index (χ2n) is 2.60. The van der Waals surface area contributed by atoms with Crippen molar-refractivity contribution >= 4 is 11.3 Å². The number of hydrogen-bond donors (Lipinski definition) is 1. The van der Waals surface area contributed by atoms with Crippen LogP contribution in [0.25, 0.3) is 11.3 Å². The molecule has 2 rings (SSSR count). The first kappa shape index (κ1) is 6.91. The lowest BCUT2D eigenvalue weighted by Crippen LogP contribution is -1.97. The number of imidazole rings is 1. The highest BCUT2D eigenvalue weighted by Crippen LogP contribution is 2.09. The van der Waals surface area contributed by atoms with E-state index in [0.29, 0.717) is 5.70 Å². The average molecular weight is 159 g/mol. The highest BCUT2D eigenvalue weighted by molar-refractivity contribution is 5.60.